The molecule has 5 heteroatoms. The van der Waals surface area contributed by atoms with E-state index in [0.717, 1.165) is 58.3 Å². The molecule has 0 bridgehead atoms. The number of aromatic nitrogens is 2. The molecular weight excluding hydrogens is 374 g/mol. The number of aromatic hydroxyl groups is 1. The molecule has 5 nitrogen and oxygen atoms in total. The number of hydrogen-bond acceptors (Lipinski definition) is 5. The van der Waals surface area contributed by atoms with Gasteiger partial charge in [0.15, 0.2) is 0 Å². The van der Waals surface area contributed by atoms with E-state index in [4.69, 9.17) is 4.74 Å². The highest BCUT2D eigenvalue weighted by atomic mass is 16.5. The second kappa shape index (κ2) is 9.09. The molecule has 154 valence electrons. The zero-order valence-electron chi connectivity index (χ0n) is 17.5. The van der Waals surface area contributed by atoms with Crippen LogP contribution in [0.3, 0.4) is 0 Å². The molecule has 0 aliphatic heterocycles. The third-order valence-electron chi connectivity index (χ3n) is 5.63. The fraction of sp³-hybridized carbons (Fsp3) is 0.280. The number of ether oxygens (including phenoxy) is 1. The van der Waals surface area contributed by atoms with E-state index < -0.39 is 0 Å². The van der Waals surface area contributed by atoms with Crippen molar-refractivity contribution >= 4 is 21.8 Å². The molecule has 3 aromatic carbocycles. The maximum atomic E-state index is 10.7. The van der Waals surface area contributed by atoms with Crippen LogP contribution in [-0.4, -0.2) is 46.2 Å². The molecule has 0 fully saturated rings. The lowest BCUT2D eigenvalue weighted by molar-refractivity contribution is 0.222. The van der Waals surface area contributed by atoms with E-state index in [1.54, 1.807) is 18.5 Å². The Kier molecular flexibility index (Phi) is 6.10. The highest BCUT2D eigenvalue weighted by Crippen LogP contribution is 2.34. The van der Waals surface area contributed by atoms with Crippen LogP contribution in [0.2, 0.25) is 0 Å². The van der Waals surface area contributed by atoms with Crippen LogP contribution < -0.4 is 4.74 Å². The topological polar surface area (TPSA) is 58.5 Å². The normalized spacial score (nSPS) is 11.4. The summed E-state index contributed by atoms with van der Waals surface area (Å²) in [7, 11) is 0. The summed E-state index contributed by atoms with van der Waals surface area (Å²) in [6.07, 6.45) is 3.92. The molecule has 4 rings (SSSR count). The van der Waals surface area contributed by atoms with Gasteiger partial charge in [-0.2, -0.15) is 0 Å². The number of likely N-dealkylation sites (N-methyl/N-ethyl adjacent to an activating group) is 1. The van der Waals surface area contributed by atoms with Crippen LogP contribution in [0.1, 0.15) is 25.0 Å². The second-order valence-electron chi connectivity index (χ2n) is 7.30. The summed E-state index contributed by atoms with van der Waals surface area (Å²) in [4.78, 5) is 11.4. The van der Waals surface area contributed by atoms with E-state index in [9.17, 15) is 5.11 Å². The Labute approximate surface area is 177 Å². The summed E-state index contributed by atoms with van der Waals surface area (Å²) in [5.74, 6) is 1.08. The molecule has 0 saturated carbocycles. The fourth-order valence-electron chi connectivity index (χ4n) is 3.89. The largest absolute Gasteiger partial charge is 0.508 e. The zero-order valence-corrected chi connectivity index (χ0v) is 17.5. The SMILES string of the molecule is CCN(CC)CCOc1ccc2nccnc2c1Cc1c(O)ccc2ccccc12. The van der Waals surface area contributed by atoms with Gasteiger partial charge in [0.1, 0.15) is 18.1 Å². The average Bonchev–Trinajstić information content (AvgIpc) is 2.79. The Morgan fingerprint density at radius 3 is 2.53 bits per heavy atom. The quantitative estimate of drug-likeness (QED) is 0.460. The summed E-state index contributed by atoms with van der Waals surface area (Å²) >= 11 is 0. The molecule has 1 N–H and O–H groups in total. The van der Waals surface area contributed by atoms with Crippen molar-refractivity contribution in [3.05, 3.63) is 72.1 Å². The third-order valence-corrected chi connectivity index (χ3v) is 5.63. The molecule has 0 spiro atoms. The lowest BCUT2D eigenvalue weighted by atomic mass is 9.96. The van der Waals surface area contributed by atoms with E-state index in [0.29, 0.717) is 13.0 Å². The van der Waals surface area contributed by atoms with Crippen molar-refractivity contribution in [2.75, 3.05) is 26.2 Å². The molecule has 0 atom stereocenters. The van der Waals surface area contributed by atoms with Crippen LogP contribution in [-0.2, 0) is 6.42 Å². The number of benzene rings is 3. The van der Waals surface area contributed by atoms with Crippen LogP contribution in [0, 0.1) is 0 Å². The minimum absolute atomic E-state index is 0.281. The van der Waals surface area contributed by atoms with E-state index >= 15 is 0 Å². The van der Waals surface area contributed by atoms with Gasteiger partial charge in [0.2, 0.25) is 0 Å². The van der Waals surface area contributed by atoms with Crippen LogP contribution in [0.5, 0.6) is 11.5 Å². The van der Waals surface area contributed by atoms with E-state index in [1.807, 2.05) is 36.4 Å². The van der Waals surface area contributed by atoms with Gasteiger partial charge >= 0.3 is 0 Å². The number of phenols is 1. The van der Waals surface area contributed by atoms with Crippen molar-refractivity contribution in [3.8, 4) is 11.5 Å². The van der Waals surface area contributed by atoms with Crippen LogP contribution in [0.15, 0.2) is 60.9 Å². The molecule has 0 aliphatic rings. The fourth-order valence-corrected chi connectivity index (χ4v) is 3.89. The Balaban J connectivity index is 1.75. The minimum atomic E-state index is 0.281. The Morgan fingerprint density at radius 2 is 1.70 bits per heavy atom. The summed E-state index contributed by atoms with van der Waals surface area (Å²) in [6, 6.07) is 15.7. The van der Waals surface area contributed by atoms with Crippen LogP contribution >= 0.6 is 0 Å². The van der Waals surface area contributed by atoms with Crippen molar-refractivity contribution < 1.29 is 9.84 Å². The molecule has 1 heterocycles. The van der Waals surface area contributed by atoms with Gasteiger partial charge in [0.05, 0.1) is 11.0 Å². The highest BCUT2D eigenvalue weighted by molar-refractivity contribution is 5.89. The Hall–Kier alpha value is -3.18. The van der Waals surface area contributed by atoms with Gasteiger partial charge in [0.25, 0.3) is 0 Å². The van der Waals surface area contributed by atoms with Crippen molar-refractivity contribution in [3.63, 3.8) is 0 Å². The van der Waals surface area contributed by atoms with E-state index in [1.165, 1.54) is 0 Å². The molecular formula is C25H27N3O2. The molecule has 4 aromatic rings. The van der Waals surface area contributed by atoms with Gasteiger partial charge in [-0.05, 0) is 42.1 Å². The summed E-state index contributed by atoms with van der Waals surface area (Å²) in [6.45, 7) is 7.78. The summed E-state index contributed by atoms with van der Waals surface area (Å²) in [5.41, 5.74) is 3.46. The Bertz CT molecular complexity index is 1160. The average molecular weight is 402 g/mol. The Morgan fingerprint density at radius 1 is 0.900 bits per heavy atom. The van der Waals surface area contributed by atoms with Gasteiger partial charge in [-0.15, -0.1) is 0 Å². The van der Waals surface area contributed by atoms with Gasteiger partial charge < -0.3 is 14.7 Å². The molecule has 0 radical (unpaired) electrons. The maximum Gasteiger partial charge on any atom is 0.125 e. The van der Waals surface area contributed by atoms with Gasteiger partial charge in [-0.3, -0.25) is 9.97 Å². The predicted molar refractivity (Wildman–Crippen MR) is 121 cm³/mol. The number of hydrogen-bond donors (Lipinski definition) is 1. The van der Waals surface area contributed by atoms with Gasteiger partial charge in [-0.1, -0.05) is 44.2 Å². The minimum Gasteiger partial charge on any atom is -0.508 e. The molecule has 1 aromatic heterocycles. The highest BCUT2D eigenvalue weighted by Gasteiger charge is 2.16. The number of rotatable bonds is 8. The molecule has 30 heavy (non-hydrogen) atoms. The van der Waals surface area contributed by atoms with E-state index in [-0.39, 0.29) is 5.75 Å². The second-order valence-corrected chi connectivity index (χ2v) is 7.30. The zero-order chi connectivity index (χ0) is 20.9. The molecule has 0 saturated heterocycles. The lowest BCUT2D eigenvalue weighted by Gasteiger charge is -2.19. The molecule has 0 amide bonds. The first kappa shape index (κ1) is 20.1. The first-order chi connectivity index (χ1) is 14.7. The monoisotopic (exact) mass is 401 g/mol. The smallest absolute Gasteiger partial charge is 0.125 e. The van der Waals surface area contributed by atoms with Crippen LogP contribution in [0.4, 0.5) is 0 Å². The van der Waals surface area contributed by atoms with Crippen molar-refractivity contribution in [1.82, 2.24) is 14.9 Å². The van der Waals surface area contributed by atoms with Crippen molar-refractivity contribution in [1.29, 1.82) is 0 Å². The van der Waals surface area contributed by atoms with Crippen LogP contribution in [0.25, 0.3) is 21.8 Å². The first-order valence-electron chi connectivity index (χ1n) is 10.5. The molecule has 0 unspecified atom stereocenters. The maximum absolute atomic E-state index is 10.7. The van der Waals surface area contributed by atoms with E-state index in [2.05, 4.69) is 34.8 Å². The standard InChI is InChI=1S/C25H27N3O2/c1-3-28(4-2)15-16-30-24-12-10-22-25(27-14-13-26-22)21(24)17-20-19-8-6-5-7-18(19)9-11-23(20)29/h5-14,29H,3-4,15-17H2,1-2H3. The predicted octanol–water partition coefficient (Wildman–Crippen LogP) is 4.80. The number of phenolic OH excluding ortho intramolecular Hbond substituents is 1. The molecule has 0 aliphatic carbocycles. The summed E-state index contributed by atoms with van der Waals surface area (Å²) < 4.78 is 6.21. The van der Waals surface area contributed by atoms with Crippen molar-refractivity contribution in [2.45, 2.75) is 20.3 Å². The van der Waals surface area contributed by atoms with Gasteiger partial charge in [-0.25, -0.2) is 0 Å². The number of fused-ring (bicyclic) bond motifs is 2. The third kappa shape index (κ3) is 4.07. The van der Waals surface area contributed by atoms with Crippen molar-refractivity contribution in [2.24, 2.45) is 0 Å². The lowest BCUT2D eigenvalue weighted by Crippen LogP contribution is -2.28. The van der Waals surface area contributed by atoms with Gasteiger partial charge in [0, 0.05) is 36.5 Å². The first-order valence-corrected chi connectivity index (χ1v) is 10.5. The number of nitrogens with zero attached hydrogens (tertiary/aromatic N) is 3. The summed E-state index contributed by atoms with van der Waals surface area (Å²) in [5, 5.41) is 12.8.